The van der Waals surface area contributed by atoms with Gasteiger partial charge in [0.15, 0.2) is 0 Å². The van der Waals surface area contributed by atoms with Crippen LogP contribution in [0.3, 0.4) is 0 Å². The Balaban J connectivity index is 2.09. The summed E-state index contributed by atoms with van der Waals surface area (Å²) in [6.45, 7) is -0.282. The minimum absolute atomic E-state index is 0.0967. The topological polar surface area (TPSA) is 45.0 Å². The van der Waals surface area contributed by atoms with Gasteiger partial charge in [0, 0.05) is 18.2 Å². The molecule has 0 fully saturated rings. The van der Waals surface area contributed by atoms with Gasteiger partial charge in [-0.05, 0) is 30.2 Å². The molecule has 0 spiro atoms. The van der Waals surface area contributed by atoms with E-state index >= 15 is 0 Å². The second-order valence-electron chi connectivity index (χ2n) is 5.07. The van der Waals surface area contributed by atoms with Crippen LogP contribution in [0.5, 0.6) is 5.75 Å². The molecule has 1 unspecified atom stereocenters. The summed E-state index contributed by atoms with van der Waals surface area (Å²) >= 11 is 0. The van der Waals surface area contributed by atoms with Crippen molar-refractivity contribution in [2.24, 2.45) is 0 Å². The molecule has 1 N–H and O–H groups in total. The van der Waals surface area contributed by atoms with Crippen LogP contribution in [0.15, 0.2) is 48.5 Å². The third-order valence-electron chi connectivity index (χ3n) is 3.55. The Hall–Kier alpha value is -2.45. The molecule has 120 valence electrons. The smallest absolute Gasteiger partial charge is 0.387 e. The fraction of sp³-hybridized carbons (Fsp3) is 0.278. The lowest BCUT2D eigenvalue weighted by Crippen LogP contribution is -2.21. The summed E-state index contributed by atoms with van der Waals surface area (Å²) in [5, 5.41) is 12.1. The van der Waals surface area contributed by atoms with Gasteiger partial charge in [0.05, 0.1) is 11.6 Å². The molecule has 0 bridgehead atoms. The third kappa shape index (κ3) is 4.76. The molecule has 0 aromatic heterocycles. The zero-order chi connectivity index (χ0) is 16.7. The molecule has 3 nitrogen and oxygen atoms in total. The summed E-state index contributed by atoms with van der Waals surface area (Å²) in [6.07, 6.45) is 0.736. The number of hydrogen-bond acceptors (Lipinski definition) is 3. The number of halogens is 2. The van der Waals surface area contributed by atoms with Gasteiger partial charge in [-0.25, -0.2) is 0 Å². The van der Waals surface area contributed by atoms with E-state index in [2.05, 4.69) is 16.1 Å². The number of nitrogens with zero attached hydrogens (tertiary/aromatic N) is 1. The van der Waals surface area contributed by atoms with E-state index in [9.17, 15) is 8.78 Å². The highest BCUT2D eigenvalue weighted by Gasteiger charge is 2.16. The second kappa shape index (κ2) is 8.25. The van der Waals surface area contributed by atoms with E-state index in [1.54, 1.807) is 36.4 Å². The van der Waals surface area contributed by atoms with Gasteiger partial charge in [0.2, 0.25) is 0 Å². The van der Waals surface area contributed by atoms with Crippen molar-refractivity contribution in [3.63, 3.8) is 0 Å². The number of para-hydroxylation sites is 1. The molecule has 0 aliphatic rings. The Morgan fingerprint density at radius 1 is 1.13 bits per heavy atom. The molecule has 23 heavy (non-hydrogen) atoms. The van der Waals surface area contributed by atoms with E-state index in [1.165, 1.54) is 0 Å². The van der Waals surface area contributed by atoms with E-state index < -0.39 is 6.61 Å². The first-order valence-electron chi connectivity index (χ1n) is 7.40. The second-order valence-corrected chi connectivity index (χ2v) is 5.07. The van der Waals surface area contributed by atoms with Crippen molar-refractivity contribution in [1.29, 1.82) is 5.26 Å². The highest BCUT2D eigenvalue weighted by molar-refractivity contribution is 5.36. The minimum Gasteiger partial charge on any atom is -0.434 e. The molecule has 2 aromatic rings. The molecule has 0 aliphatic heterocycles. The lowest BCUT2D eigenvalue weighted by Gasteiger charge is -2.20. The molecule has 2 rings (SSSR count). The molecule has 0 aliphatic carbocycles. The molecule has 1 atom stereocenters. The van der Waals surface area contributed by atoms with Crippen molar-refractivity contribution in [3.8, 4) is 11.8 Å². The number of nitriles is 1. The number of nitrogens with one attached hydrogen (secondary N) is 1. The van der Waals surface area contributed by atoms with Gasteiger partial charge in [-0.15, -0.1) is 0 Å². The number of ether oxygens (including phenoxy) is 1. The van der Waals surface area contributed by atoms with Gasteiger partial charge in [0.1, 0.15) is 5.75 Å². The lowest BCUT2D eigenvalue weighted by atomic mass is 10.0. The normalized spacial score (nSPS) is 12.0. The van der Waals surface area contributed by atoms with Crippen molar-refractivity contribution < 1.29 is 13.5 Å². The maximum atomic E-state index is 12.5. The van der Waals surface area contributed by atoms with E-state index in [0.29, 0.717) is 17.7 Å². The third-order valence-corrected chi connectivity index (χ3v) is 3.55. The zero-order valence-corrected chi connectivity index (χ0v) is 12.8. The molecule has 0 saturated carbocycles. The molecule has 2 aromatic carbocycles. The van der Waals surface area contributed by atoms with E-state index in [0.717, 1.165) is 12.0 Å². The quantitative estimate of drug-likeness (QED) is 0.823. The number of benzene rings is 2. The SMILES string of the molecule is CCC(NCc1ccc(C#N)cc1)c1ccccc1OC(F)F. The molecular formula is C18H18F2N2O. The van der Waals surface area contributed by atoms with Crippen molar-refractivity contribution in [1.82, 2.24) is 5.32 Å². The molecular weight excluding hydrogens is 298 g/mol. The highest BCUT2D eigenvalue weighted by Crippen LogP contribution is 2.28. The van der Waals surface area contributed by atoms with Gasteiger partial charge >= 0.3 is 6.61 Å². The van der Waals surface area contributed by atoms with E-state index in [4.69, 9.17) is 5.26 Å². The maximum Gasteiger partial charge on any atom is 0.387 e. The summed E-state index contributed by atoms with van der Waals surface area (Å²) in [5.41, 5.74) is 2.34. The Labute approximate surface area is 134 Å². The van der Waals surface area contributed by atoms with E-state index in [-0.39, 0.29) is 11.8 Å². The summed E-state index contributed by atoms with van der Waals surface area (Å²) in [5.74, 6) is 0.196. The van der Waals surface area contributed by atoms with Crippen LogP contribution in [-0.2, 0) is 6.54 Å². The van der Waals surface area contributed by atoms with Crippen molar-refractivity contribution in [2.45, 2.75) is 32.5 Å². The van der Waals surface area contributed by atoms with Crippen LogP contribution < -0.4 is 10.1 Å². The Kier molecular flexibility index (Phi) is 6.07. The van der Waals surface area contributed by atoms with Crippen molar-refractivity contribution in [2.75, 3.05) is 0 Å². The average Bonchev–Trinajstić information content (AvgIpc) is 2.57. The van der Waals surface area contributed by atoms with Crippen LogP contribution >= 0.6 is 0 Å². The predicted molar refractivity (Wildman–Crippen MR) is 84.1 cm³/mol. The molecule has 0 saturated heterocycles. The summed E-state index contributed by atoms with van der Waals surface area (Å²) in [4.78, 5) is 0. The molecule has 5 heteroatoms. The monoisotopic (exact) mass is 316 g/mol. The Morgan fingerprint density at radius 3 is 2.43 bits per heavy atom. The fourth-order valence-corrected chi connectivity index (χ4v) is 2.38. The number of hydrogen-bond donors (Lipinski definition) is 1. The minimum atomic E-state index is -2.84. The first-order valence-corrected chi connectivity index (χ1v) is 7.40. The van der Waals surface area contributed by atoms with E-state index in [1.807, 2.05) is 19.1 Å². The standard InChI is InChI=1S/C18H18F2N2O/c1-2-16(15-5-3-4-6-17(15)23-18(19)20)22-12-14-9-7-13(11-21)8-10-14/h3-10,16,18,22H,2,12H2,1H3. The highest BCUT2D eigenvalue weighted by atomic mass is 19.3. The van der Waals surface area contributed by atoms with Crippen LogP contribution in [0, 0.1) is 11.3 Å². The van der Waals surface area contributed by atoms with Crippen LogP contribution in [0.1, 0.15) is 36.1 Å². The van der Waals surface area contributed by atoms with Crippen molar-refractivity contribution >= 4 is 0 Å². The molecule has 0 amide bonds. The largest absolute Gasteiger partial charge is 0.434 e. The number of rotatable bonds is 7. The molecule has 0 heterocycles. The molecule has 0 radical (unpaired) electrons. The van der Waals surface area contributed by atoms with Crippen molar-refractivity contribution in [3.05, 3.63) is 65.2 Å². The van der Waals surface area contributed by atoms with Crippen LogP contribution in [0.4, 0.5) is 8.78 Å². The average molecular weight is 316 g/mol. The first kappa shape index (κ1) is 16.9. The van der Waals surface area contributed by atoms with Gasteiger partial charge < -0.3 is 10.1 Å². The van der Waals surface area contributed by atoms with Gasteiger partial charge in [-0.2, -0.15) is 14.0 Å². The summed E-state index contributed by atoms with van der Waals surface area (Å²) in [6, 6.07) is 16.1. The van der Waals surface area contributed by atoms with Gasteiger partial charge in [-0.1, -0.05) is 37.3 Å². The first-order chi connectivity index (χ1) is 11.1. The summed E-state index contributed by atoms with van der Waals surface area (Å²) < 4.78 is 29.6. The Morgan fingerprint density at radius 2 is 1.83 bits per heavy atom. The Bertz CT molecular complexity index is 665. The van der Waals surface area contributed by atoms with Gasteiger partial charge in [-0.3, -0.25) is 0 Å². The predicted octanol–water partition coefficient (Wildman–Crippen LogP) is 4.40. The lowest BCUT2D eigenvalue weighted by molar-refractivity contribution is -0.0507. The zero-order valence-electron chi connectivity index (χ0n) is 12.8. The maximum absolute atomic E-state index is 12.5. The number of alkyl halides is 2. The van der Waals surface area contributed by atoms with Crippen LogP contribution in [-0.4, -0.2) is 6.61 Å². The van der Waals surface area contributed by atoms with Crippen LogP contribution in [0.25, 0.3) is 0 Å². The summed E-state index contributed by atoms with van der Waals surface area (Å²) in [7, 11) is 0. The van der Waals surface area contributed by atoms with Crippen LogP contribution in [0.2, 0.25) is 0 Å². The van der Waals surface area contributed by atoms with Gasteiger partial charge in [0.25, 0.3) is 0 Å². The fourth-order valence-electron chi connectivity index (χ4n) is 2.38.